The molecule has 0 fully saturated rings. The van der Waals surface area contributed by atoms with Gasteiger partial charge in [-0.15, -0.1) is 0 Å². The molecule has 2 N–H and O–H groups in total. The average molecular weight is 395 g/mol. The number of halogens is 2. The van der Waals surface area contributed by atoms with Gasteiger partial charge in [-0.1, -0.05) is 47.0 Å². The SMILES string of the molecule is COc1ccc(C)cc1[C@@H](C)NCC(=O)N[C@H](C)c1ccc(Cl)cc1Cl. The van der Waals surface area contributed by atoms with Crippen LogP contribution in [-0.2, 0) is 4.79 Å². The van der Waals surface area contributed by atoms with Crippen LogP contribution >= 0.6 is 23.2 Å². The van der Waals surface area contributed by atoms with Crippen molar-refractivity contribution in [3.05, 3.63) is 63.1 Å². The van der Waals surface area contributed by atoms with Gasteiger partial charge in [0.15, 0.2) is 0 Å². The van der Waals surface area contributed by atoms with Gasteiger partial charge < -0.3 is 15.4 Å². The fourth-order valence-electron chi connectivity index (χ4n) is 2.77. The molecule has 6 heteroatoms. The zero-order valence-corrected chi connectivity index (χ0v) is 16.9. The summed E-state index contributed by atoms with van der Waals surface area (Å²) < 4.78 is 5.41. The summed E-state index contributed by atoms with van der Waals surface area (Å²) in [6.07, 6.45) is 0. The second kappa shape index (κ2) is 9.26. The fourth-order valence-corrected chi connectivity index (χ4v) is 3.34. The number of amides is 1. The molecule has 0 spiro atoms. The first-order chi connectivity index (χ1) is 12.3. The summed E-state index contributed by atoms with van der Waals surface area (Å²) in [5.74, 6) is 0.694. The molecule has 0 bridgehead atoms. The first-order valence-electron chi connectivity index (χ1n) is 8.44. The van der Waals surface area contributed by atoms with Gasteiger partial charge in [-0.3, -0.25) is 4.79 Å². The highest BCUT2D eigenvalue weighted by Crippen LogP contribution is 2.27. The fraction of sp³-hybridized carbons (Fsp3) is 0.350. The maximum absolute atomic E-state index is 12.3. The van der Waals surface area contributed by atoms with Crippen molar-refractivity contribution in [2.75, 3.05) is 13.7 Å². The van der Waals surface area contributed by atoms with Crippen LogP contribution in [0.3, 0.4) is 0 Å². The van der Waals surface area contributed by atoms with E-state index < -0.39 is 0 Å². The normalized spacial score (nSPS) is 13.2. The lowest BCUT2D eigenvalue weighted by atomic mass is 10.0. The van der Waals surface area contributed by atoms with E-state index in [-0.39, 0.29) is 24.5 Å². The Labute approximate surface area is 164 Å². The maximum Gasteiger partial charge on any atom is 0.234 e. The van der Waals surface area contributed by atoms with Crippen LogP contribution in [0.25, 0.3) is 0 Å². The Morgan fingerprint density at radius 1 is 1.08 bits per heavy atom. The molecule has 2 rings (SSSR count). The minimum Gasteiger partial charge on any atom is -0.496 e. The number of aryl methyl sites for hydroxylation is 1. The minimum absolute atomic E-state index is 0.0231. The van der Waals surface area contributed by atoms with Crippen molar-refractivity contribution in [2.24, 2.45) is 0 Å². The van der Waals surface area contributed by atoms with Gasteiger partial charge in [0, 0.05) is 21.7 Å². The molecular weight excluding hydrogens is 371 g/mol. The minimum atomic E-state index is -0.210. The topological polar surface area (TPSA) is 50.4 Å². The first-order valence-corrected chi connectivity index (χ1v) is 9.19. The summed E-state index contributed by atoms with van der Waals surface area (Å²) in [7, 11) is 1.64. The zero-order chi connectivity index (χ0) is 19.3. The average Bonchev–Trinajstić information content (AvgIpc) is 2.59. The zero-order valence-electron chi connectivity index (χ0n) is 15.4. The molecule has 2 atom stereocenters. The van der Waals surface area contributed by atoms with E-state index in [1.807, 2.05) is 39.0 Å². The van der Waals surface area contributed by atoms with E-state index in [1.54, 1.807) is 19.2 Å². The number of hydrogen-bond acceptors (Lipinski definition) is 3. The number of ether oxygens (including phenoxy) is 1. The molecule has 0 aliphatic carbocycles. The van der Waals surface area contributed by atoms with Crippen molar-refractivity contribution in [3.8, 4) is 5.75 Å². The molecule has 0 unspecified atom stereocenters. The van der Waals surface area contributed by atoms with Crippen molar-refractivity contribution in [1.29, 1.82) is 0 Å². The van der Waals surface area contributed by atoms with E-state index in [4.69, 9.17) is 27.9 Å². The van der Waals surface area contributed by atoms with Crippen LogP contribution in [0.15, 0.2) is 36.4 Å². The molecule has 0 aromatic heterocycles. The van der Waals surface area contributed by atoms with E-state index in [0.717, 1.165) is 22.4 Å². The third kappa shape index (κ3) is 5.37. The summed E-state index contributed by atoms with van der Waals surface area (Å²) >= 11 is 12.1. The predicted molar refractivity (Wildman–Crippen MR) is 107 cm³/mol. The third-order valence-electron chi connectivity index (χ3n) is 4.23. The van der Waals surface area contributed by atoms with E-state index in [2.05, 4.69) is 16.7 Å². The van der Waals surface area contributed by atoms with Crippen LogP contribution < -0.4 is 15.4 Å². The molecule has 0 heterocycles. The molecule has 0 saturated carbocycles. The Morgan fingerprint density at radius 2 is 1.81 bits per heavy atom. The summed E-state index contributed by atoms with van der Waals surface area (Å²) in [6, 6.07) is 11.0. The number of carbonyl (C=O) groups is 1. The molecule has 0 saturated heterocycles. The highest BCUT2D eigenvalue weighted by Gasteiger charge is 2.16. The van der Waals surface area contributed by atoms with E-state index in [9.17, 15) is 4.79 Å². The highest BCUT2D eigenvalue weighted by atomic mass is 35.5. The van der Waals surface area contributed by atoms with Crippen molar-refractivity contribution in [2.45, 2.75) is 32.9 Å². The standard InChI is InChI=1S/C20H24Cl2N2O2/c1-12-5-8-19(26-4)17(9-12)13(2)23-11-20(25)24-14(3)16-7-6-15(21)10-18(16)22/h5-10,13-14,23H,11H2,1-4H3,(H,24,25)/t13-,14-/m1/s1. The summed E-state index contributed by atoms with van der Waals surface area (Å²) in [4.78, 5) is 12.3. The lowest BCUT2D eigenvalue weighted by molar-refractivity contribution is -0.121. The molecule has 0 aliphatic rings. The molecule has 140 valence electrons. The Morgan fingerprint density at radius 3 is 2.46 bits per heavy atom. The van der Waals surface area contributed by atoms with Gasteiger partial charge in [0.2, 0.25) is 5.91 Å². The largest absolute Gasteiger partial charge is 0.496 e. The van der Waals surface area contributed by atoms with Gasteiger partial charge in [-0.2, -0.15) is 0 Å². The van der Waals surface area contributed by atoms with Gasteiger partial charge in [-0.25, -0.2) is 0 Å². The van der Waals surface area contributed by atoms with Crippen molar-refractivity contribution < 1.29 is 9.53 Å². The van der Waals surface area contributed by atoms with Gasteiger partial charge in [0.05, 0.1) is 19.7 Å². The van der Waals surface area contributed by atoms with Crippen LogP contribution in [0.4, 0.5) is 0 Å². The molecular formula is C20H24Cl2N2O2. The van der Waals surface area contributed by atoms with E-state index >= 15 is 0 Å². The number of nitrogens with one attached hydrogen (secondary N) is 2. The van der Waals surface area contributed by atoms with Gasteiger partial charge in [-0.05, 0) is 44.5 Å². The number of hydrogen-bond donors (Lipinski definition) is 2. The molecule has 2 aromatic carbocycles. The Bertz CT molecular complexity index is 780. The Balaban J connectivity index is 1.95. The van der Waals surface area contributed by atoms with Crippen LogP contribution in [0.2, 0.25) is 10.0 Å². The van der Waals surface area contributed by atoms with Crippen molar-refractivity contribution in [3.63, 3.8) is 0 Å². The number of methoxy groups -OCH3 is 1. The molecule has 2 aromatic rings. The molecule has 4 nitrogen and oxygen atoms in total. The second-order valence-electron chi connectivity index (χ2n) is 6.30. The van der Waals surface area contributed by atoms with Crippen LogP contribution in [0.1, 0.15) is 42.6 Å². The maximum atomic E-state index is 12.3. The van der Waals surface area contributed by atoms with Gasteiger partial charge in [0.25, 0.3) is 0 Å². The summed E-state index contributed by atoms with van der Waals surface area (Å²) in [6.45, 7) is 6.11. The number of carbonyl (C=O) groups excluding carboxylic acids is 1. The first kappa shape index (κ1) is 20.6. The van der Waals surface area contributed by atoms with Crippen LogP contribution in [-0.4, -0.2) is 19.6 Å². The van der Waals surface area contributed by atoms with E-state index in [0.29, 0.717) is 10.0 Å². The van der Waals surface area contributed by atoms with Gasteiger partial charge >= 0.3 is 0 Å². The molecule has 0 aliphatic heterocycles. The Kier molecular flexibility index (Phi) is 7.33. The number of rotatable bonds is 7. The lowest BCUT2D eigenvalue weighted by Gasteiger charge is -2.20. The molecule has 0 radical (unpaired) electrons. The monoisotopic (exact) mass is 394 g/mol. The van der Waals surface area contributed by atoms with Gasteiger partial charge in [0.1, 0.15) is 5.75 Å². The quantitative estimate of drug-likeness (QED) is 0.706. The van der Waals surface area contributed by atoms with E-state index in [1.165, 1.54) is 0 Å². The van der Waals surface area contributed by atoms with Crippen molar-refractivity contribution in [1.82, 2.24) is 10.6 Å². The molecule has 1 amide bonds. The second-order valence-corrected chi connectivity index (χ2v) is 7.15. The summed E-state index contributed by atoms with van der Waals surface area (Å²) in [5, 5.41) is 7.29. The lowest BCUT2D eigenvalue weighted by Crippen LogP contribution is -2.36. The highest BCUT2D eigenvalue weighted by molar-refractivity contribution is 6.35. The predicted octanol–water partition coefficient (Wildman–Crippen LogP) is 4.84. The Hall–Kier alpha value is -1.75. The molecule has 26 heavy (non-hydrogen) atoms. The smallest absolute Gasteiger partial charge is 0.234 e. The van der Waals surface area contributed by atoms with Crippen LogP contribution in [0, 0.1) is 6.92 Å². The van der Waals surface area contributed by atoms with Crippen molar-refractivity contribution >= 4 is 29.1 Å². The van der Waals surface area contributed by atoms with Crippen LogP contribution in [0.5, 0.6) is 5.75 Å². The summed E-state index contributed by atoms with van der Waals surface area (Å²) in [5.41, 5.74) is 3.00. The third-order valence-corrected chi connectivity index (χ3v) is 4.79. The number of benzene rings is 2.